The summed E-state index contributed by atoms with van der Waals surface area (Å²) in [5, 5.41) is 7.43. The van der Waals surface area contributed by atoms with Gasteiger partial charge in [0.1, 0.15) is 5.75 Å². The van der Waals surface area contributed by atoms with Crippen LogP contribution in [0.25, 0.3) is 86.2 Å². The third-order valence-electron chi connectivity index (χ3n) is 12.9. The SMILES string of the molecule is Cc1ccc2c3c(ccc2c1)-c1ccccc1-c1c(-c2ccc(N(c4ccccc4)c4cccc5sc6ccccc6c45)cc2)cccc1-c1ccc2cc(C)ccc2c1OCC3. The molecule has 0 spiro atoms. The van der Waals surface area contributed by atoms with Gasteiger partial charge in [-0.05, 0) is 123 Å². The lowest BCUT2D eigenvalue weighted by atomic mass is 9.82. The second kappa shape index (κ2) is 15.2. The minimum Gasteiger partial charge on any atom is -0.492 e. The van der Waals surface area contributed by atoms with Gasteiger partial charge in [-0.1, -0.05) is 163 Å². The molecule has 0 fully saturated rings. The molecule has 12 rings (SSSR count). The number of fused-ring (bicyclic) bond motifs is 14. The first kappa shape index (κ1) is 37.3. The van der Waals surface area contributed by atoms with Crippen LogP contribution < -0.4 is 9.64 Å². The van der Waals surface area contributed by atoms with E-state index in [1.165, 1.54) is 86.5 Å². The van der Waals surface area contributed by atoms with Gasteiger partial charge in [-0.2, -0.15) is 0 Å². The second-order valence-electron chi connectivity index (χ2n) is 16.8. The fraction of sp³-hybridized carbons (Fsp3) is 0.0667. The van der Waals surface area contributed by atoms with E-state index < -0.39 is 0 Å². The van der Waals surface area contributed by atoms with Gasteiger partial charge in [0.2, 0.25) is 0 Å². The summed E-state index contributed by atoms with van der Waals surface area (Å²) in [6, 6.07) is 74.0. The second-order valence-corrected chi connectivity index (χ2v) is 17.9. The predicted octanol–water partition coefficient (Wildman–Crippen LogP) is 17.1. The normalized spacial score (nSPS) is 12.3. The highest BCUT2D eigenvalue weighted by atomic mass is 32.1. The molecule has 3 heteroatoms. The number of aryl methyl sites for hydroxylation is 2. The molecule has 1 aromatic heterocycles. The zero-order valence-corrected chi connectivity index (χ0v) is 36.0. The smallest absolute Gasteiger partial charge is 0.134 e. The van der Waals surface area contributed by atoms with E-state index in [2.05, 4.69) is 219 Å². The largest absolute Gasteiger partial charge is 0.492 e. The molecule has 0 atom stereocenters. The minimum atomic E-state index is 0.561. The molecular formula is C60H43NOS. The van der Waals surface area contributed by atoms with E-state index in [-0.39, 0.29) is 0 Å². The van der Waals surface area contributed by atoms with Crippen molar-refractivity contribution in [3.63, 3.8) is 0 Å². The van der Waals surface area contributed by atoms with E-state index in [4.69, 9.17) is 4.74 Å². The molecule has 0 unspecified atom stereocenters. The average molecular weight is 826 g/mol. The molecule has 11 aromatic rings. The molecule has 63 heavy (non-hydrogen) atoms. The van der Waals surface area contributed by atoms with E-state index in [0.29, 0.717) is 6.61 Å². The molecule has 10 aromatic carbocycles. The number of ether oxygens (including phenoxy) is 1. The summed E-state index contributed by atoms with van der Waals surface area (Å²) < 4.78 is 9.66. The van der Waals surface area contributed by atoms with E-state index in [1.54, 1.807) is 0 Å². The van der Waals surface area contributed by atoms with Crippen LogP contribution >= 0.6 is 11.3 Å². The number of rotatable bonds is 4. The Labute approximate surface area is 371 Å². The molecule has 300 valence electrons. The van der Waals surface area contributed by atoms with Crippen molar-refractivity contribution < 1.29 is 4.74 Å². The molecule has 0 saturated heterocycles. The maximum absolute atomic E-state index is 7.08. The Hall–Kier alpha value is -7.46. The number of hydrogen-bond donors (Lipinski definition) is 0. The topological polar surface area (TPSA) is 12.5 Å². The van der Waals surface area contributed by atoms with Crippen molar-refractivity contribution in [3.8, 4) is 50.3 Å². The fourth-order valence-corrected chi connectivity index (χ4v) is 11.2. The van der Waals surface area contributed by atoms with E-state index in [1.807, 2.05) is 11.3 Å². The standard InChI is InChI=1S/C60H43NOS/c1-38-22-30-45-41(36-38)26-32-49-48-14-6-7-15-51(48)58-46(17-10-18-52(58)53-33-27-42-37-39(2)23-31-47(42)60(53)62-35-34-50(45)49)40-24-28-44(29-25-40)61(43-12-4-3-5-13-43)55-19-11-21-57-59(55)54-16-8-9-20-56(54)63-57/h3-33,36-37H,34-35H2,1-2H3. The van der Waals surface area contributed by atoms with Gasteiger partial charge in [-0.3, -0.25) is 0 Å². The number of anilines is 3. The first-order valence-corrected chi connectivity index (χ1v) is 22.7. The molecule has 0 bridgehead atoms. The van der Waals surface area contributed by atoms with Crippen LogP contribution in [0.15, 0.2) is 200 Å². The summed E-state index contributed by atoms with van der Waals surface area (Å²) >= 11 is 1.86. The highest BCUT2D eigenvalue weighted by Crippen LogP contribution is 2.50. The van der Waals surface area contributed by atoms with Crippen LogP contribution in [-0.4, -0.2) is 6.61 Å². The summed E-state index contributed by atoms with van der Waals surface area (Å²) in [5.74, 6) is 0.937. The lowest BCUT2D eigenvalue weighted by molar-refractivity contribution is 0.327. The van der Waals surface area contributed by atoms with Gasteiger partial charge in [0, 0.05) is 48.9 Å². The van der Waals surface area contributed by atoms with Crippen molar-refractivity contribution in [2.75, 3.05) is 11.5 Å². The van der Waals surface area contributed by atoms with Crippen molar-refractivity contribution in [3.05, 3.63) is 217 Å². The first-order valence-electron chi connectivity index (χ1n) is 21.8. The van der Waals surface area contributed by atoms with Crippen LogP contribution in [0.2, 0.25) is 0 Å². The zero-order valence-electron chi connectivity index (χ0n) is 35.2. The molecule has 0 aliphatic carbocycles. The van der Waals surface area contributed by atoms with Crippen LogP contribution in [0.4, 0.5) is 17.1 Å². The molecule has 0 saturated carbocycles. The van der Waals surface area contributed by atoms with Crippen molar-refractivity contribution in [1.82, 2.24) is 0 Å². The van der Waals surface area contributed by atoms with E-state index in [0.717, 1.165) is 45.6 Å². The Kier molecular flexibility index (Phi) is 8.98. The Morgan fingerprint density at radius 2 is 1.08 bits per heavy atom. The number of benzene rings is 10. The van der Waals surface area contributed by atoms with Crippen LogP contribution in [0.3, 0.4) is 0 Å². The monoisotopic (exact) mass is 825 g/mol. The molecular weight excluding hydrogens is 783 g/mol. The van der Waals surface area contributed by atoms with Crippen LogP contribution in [0.1, 0.15) is 16.7 Å². The summed E-state index contributed by atoms with van der Waals surface area (Å²) in [6.07, 6.45) is 0.781. The first-order chi connectivity index (χ1) is 31.1. The van der Waals surface area contributed by atoms with E-state index >= 15 is 0 Å². The fourth-order valence-electron chi connectivity index (χ4n) is 10.1. The minimum absolute atomic E-state index is 0.561. The Balaban J connectivity index is 1.09. The lowest BCUT2D eigenvalue weighted by Gasteiger charge is -2.27. The average Bonchev–Trinajstić information content (AvgIpc) is 3.70. The van der Waals surface area contributed by atoms with Gasteiger partial charge in [0.25, 0.3) is 0 Å². The van der Waals surface area contributed by atoms with Crippen LogP contribution in [-0.2, 0) is 6.42 Å². The van der Waals surface area contributed by atoms with Crippen molar-refractivity contribution in [2.45, 2.75) is 20.3 Å². The summed E-state index contributed by atoms with van der Waals surface area (Å²) in [4.78, 5) is 2.41. The maximum atomic E-state index is 7.08. The molecule has 2 nitrogen and oxygen atoms in total. The van der Waals surface area contributed by atoms with Gasteiger partial charge in [-0.25, -0.2) is 0 Å². The number of para-hydroxylation sites is 1. The van der Waals surface area contributed by atoms with Crippen molar-refractivity contribution in [1.29, 1.82) is 0 Å². The predicted molar refractivity (Wildman–Crippen MR) is 269 cm³/mol. The molecule has 0 amide bonds. The summed E-state index contributed by atoms with van der Waals surface area (Å²) in [5.41, 5.74) is 16.7. The lowest BCUT2D eigenvalue weighted by Crippen LogP contribution is -2.10. The highest BCUT2D eigenvalue weighted by Gasteiger charge is 2.25. The third-order valence-corrected chi connectivity index (χ3v) is 14.1. The zero-order chi connectivity index (χ0) is 42.0. The third kappa shape index (κ3) is 6.30. The van der Waals surface area contributed by atoms with Crippen molar-refractivity contribution in [2.24, 2.45) is 0 Å². The maximum Gasteiger partial charge on any atom is 0.134 e. The Morgan fingerprint density at radius 1 is 0.444 bits per heavy atom. The van der Waals surface area contributed by atoms with Crippen molar-refractivity contribution >= 4 is 70.1 Å². The Bertz CT molecular complexity index is 3560. The van der Waals surface area contributed by atoms with Crippen LogP contribution in [0, 0.1) is 13.8 Å². The van der Waals surface area contributed by atoms with Crippen LogP contribution in [0.5, 0.6) is 5.75 Å². The van der Waals surface area contributed by atoms with Gasteiger partial charge in [-0.15, -0.1) is 11.3 Å². The Morgan fingerprint density at radius 3 is 1.90 bits per heavy atom. The summed E-state index contributed by atoms with van der Waals surface area (Å²) in [6.45, 7) is 4.90. The van der Waals surface area contributed by atoms with Gasteiger partial charge < -0.3 is 9.64 Å². The molecule has 1 aliphatic heterocycles. The van der Waals surface area contributed by atoms with Gasteiger partial charge >= 0.3 is 0 Å². The summed E-state index contributed by atoms with van der Waals surface area (Å²) in [7, 11) is 0. The van der Waals surface area contributed by atoms with Gasteiger partial charge in [0.05, 0.1) is 12.3 Å². The highest BCUT2D eigenvalue weighted by molar-refractivity contribution is 7.26. The number of thiophene rings is 1. The number of hydrogen-bond acceptors (Lipinski definition) is 3. The quantitative estimate of drug-likeness (QED) is 0.175. The van der Waals surface area contributed by atoms with E-state index in [9.17, 15) is 0 Å². The number of nitrogens with zero attached hydrogens (tertiary/aromatic N) is 1. The molecule has 2 heterocycles. The van der Waals surface area contributed by atoms with Gasteiger partial charge in [0.15, 0.2) is 0 Å². The molecule has 1 aliphatic rings. The molecule has 0 radical (unpaired) electrons. The molecule has 0 N–H and O–H groups in total.